The molecule has 304 valence electrons. The van der Waals surface area contributed by atoms with Crippen molar-refractivity contribution in [1.82, 2.24) is 0 Å². The van der Waals surface area contributed by atoms with Gasteiger partial charge in [0.2, 0.25) is 0 Å². The molecule has 2 atom stereocenters. The molecule has 1 N–H and O–H groups in total. The lowest BCUT2D eigenvalue weighted by atomic mass is 10.0. The minimum absolute atomic E-state index is 0.0249. The highest BCUT2D eigenvalue weighted by Crippen LogP contribution is 2.43. The van der Waals surface area contributed by atoms with Gasteiger partial charge in [-0.25, -0.2) is 4.57 Å². The molecule has 0 saturated carbocycles. The number of hydrogen-bond donors (Lipinski definition) is 1. The Morgan fingerprint density at radius 2 is 1.04 bits per heavy atom. The number of likely N-dealkylation sites (N-methyl/N-ethyl adjacent to an activating group) is 1. The van der Waals surface area contributed by atoms with Crippen molar-refractivity contribution in [3.8, 4) is 0 Å². The monoisotopic (exact) mass is 757 g/mol. The normalized spacial score (nSPS) is 14.0. The van der Waals surface area contributed by atoms with Crippen LogP contribution in [0, 0.1) is 0 Å². The molecule has 0 rings (SSSR count). The average Bonchev–Trinajstić information content (AvgIpc) is 3.09. The van der Waals surface area contributed by atoms with E-state index in [2.05, 4.69) is 50.3 Å². The highest BCUT2D eigenvalue weighted by Gasteiger charge is 2.27. The van der Waals surface area contributed by atoms with Crippen LogP contribution in [0.15, 0.2) is 36.5 Å². The molecule has 0 aromatic rings. The van der Waals surface area contributed by atoms with Crippen molar-refractivity contribution in [2.75, 3.05) is 47.5 Å². The van der Waals surface area contributed by atoms with E-state index in [-0.39, 0.29) is 32.0 Å². The predicted molar refractivity (Wildman–Crippen MR) is 215 cm³/mol. The molecule has 0 spiro atoms. The Morgan fingerprint density at radius 3 is 1.58 bits per heavy atom. The zero-order chi connectivity index (χ0) is 38.6. The molecule has 0 aliphatic carbocycles. The lowest BCUT2D eigenvalue weighted by molar-refractivity contribution is -0.870. The van der Waals surface area contributed by atoms with Gasteiger partial charge < -0.3 is 18.9 Å². The molecular formula is C42H79NO8P+. The van der Waals surface area contributed by atoms with Gasteiger partial charge in [-0.05, 0) is 51.4 Å². The summed E-state index contributed by atoms with van der Waals surface area (Å²) in [7, 11) is 1.45. The van der Waals surface area contributed by atoms with Crippen LogP contribution in [0.25, 0.3) is 0 Å². The molecule has 52 heavy (non-hydrogen) atoms. The number of quaternary nitrogens is 1. The Hall–Kier alpha value is -1.77. The molecule has 0 aliphatic rings. The molecule has 1 unspecified atom stereocenters. The molecular weight excluding hydrogens is 677 g/mol. The fourth-order valence-electron chi connectivity index (χ4n) is 5.37. The first kappa shape index (κ1) is 50.2. The summed E-state index contributed by atoms with van der Waals surface area (Å²) >= 11 is 0. The fourth-order valence-corrected chi connectivity index (χ4v) is 6.11. The van der Waals surface area contributed by atoms with Gasteiger partial charge in [-0.3, -0.25) is 18.6 Å². The standard InChI is InChI=1S/C42H78NO8P/c1-6-8-10-12-14-16-18-20-21-23-25-27-29-31-33-35-42(45)51-40(39-50-52(46,47)49-37-36-43(3,4)5)38-48-41(44)34-32-30-28-26-24-22-19-17-15-13-11-9-7-2/h14,16,20-21,25,27,40H,6-13,15,17-19,22-24,26,28-39H2,1-5H3/p+1/b16-14+,21-20+,27-25+/t40-/m1/s1. The number of rotatable bonds is 37. The van der Waals surface area contributed by atoms with E-state index in [9.17, 15) is 19.0 Å². The van der Waals surface area contributed by atoms with E-state index in [0.29, 0.717) is 17.4 Å². The number of nitrogens with zero attached hydrogens (tertiary/aromatic N) is 1. The summed E-state index contributed by atoms with van der Waals surface area (Å²) in [6.45, 7) is 4.34. The molecule has 0 amide bonds. The Balaban J connectivity index is 4.47. The maximum Gasteiger partial charge on any atom is 0.472 e. The van der Waals surface area contributed by atoms with Crippen LogP contribution in [0.5, 0.6) is 0 Å². The smallest absolute Gasteiger partial charge is 0.462 e. The molecule has 0 saturated heterocycles. The molecule has 10 heteroatoms. The van der Waals surface area contributed by atoms with E-state index >= 15 is 0 Å². The molecule has 0 bridgehead atoms. The zero-order valence-corrected chi connectivity index (χ0v) is 34.9. The third-order valence-corrected chi connectivity index (χ3v) is 9.66. The summed E-state index contributed by atoms with van der Waals surface area (Å²) in [5.41, 5.74) is 0. The quantitative estimate of drug-likeness (QED) is 0.0219. The van der Waals surface area contributed by atoms with Gasteiger partial charge in [-0.15, -0.1) is 0 Å². The number of esters is 2. The topological polar surface area (TPSA) is 108 Å². The minimum Gasteiger partial charge on any atom is -0.462 e. The van der Waals surface area contributed by atoms with Gasteiger partial charge in [0.15, 0.2) is 6.10 Å². The highest BCUT2D eigenvalue weighted by atomic mass is 31.2. The van der Waals surface area contributed by atoms with Gasteiger partial charge in [0, 0.05) is 12.8 Å². The number of hydrogen-bond acceptors (Lipinski definition) is 7. The van der Waals surface area contributed by atoms with Crippen LogP contribution in [0.3, 0.4) is 0 Å². The Kier molecular flexibility index (Phi) is 33.8. The summed E-state index contributed by atoms with van der Waals surface area (Å²) in [6, 6.07) is 0. The SMILES string of the molecule is CCCCC/C=C/C/C=C/C/C=C/CCCCC(=O)O[C@H](COC(=O)CCCCCCCCCCCCCCC)COP(=O)(O)OCC[N+](C)(C)C. The molecule has 0 radical (unpaired) electrons. The second-order valence-corrected chi connectivity index (χ2v) is 16.5. The number of carbonyl (C=O) groups is 2. The van der Waals surface area contributed by atoms with Gasteiger partial charge in [0.1, 0.15) is 19.8 Å². The number of carbonyl (C=O) groups excluding carboxylic acids is 2. The Labute approximate surface area is 319 Å². The zero-order valence-electron chi connectivity index (χ0n) is 34.0. The predicted octanol–water partition coefficient (Wildman–Crippen LogP) is 11.4. The number of phosphoric acid groups is 1. The van der Waals surface area contributed by atoms with Crippen LogP contribution in [0.2, 0.25) is 0 Å². The van der Waals surface area contributed by atoms with E-state index in [1.165, 1.54) is 83.5 Å². The maximum atomic E-state index is 12.6. The van der Waals surface area contributed by atoms with E-state index < -0.39 is 26.5 Å². The molecule has 0 heterocycles. The third-order valence-electron chi connectivity index (χ3n) is 8.67. The molecule has 0 aliphatic heterocycles. The third kappa shape index (κ3) is 38.0. The number of ether oxygens (including phenoxy) is 2. The lowest BCUT2D eigenvalue weighted by Gasteiger charge is -2.24. The average molecular weight is 757 g/mol. The van der Waals surface area contributed by atoms with Crippen LogP contribution in [0.1, 0.15) is 168 Å². The summed E-state index contributed by atoms with van der Waals surface area (Å²) in [4.78, 5) is 35.2. The summed E-state index contributed by atoms with van der Waals surface area (Å²) in [5.74, 6) is -0.842. The van der Waals surface area contributed by atoms with Crippen molar-refractivity contribution in [2.24, 2.45) is 0 Å². The fraction of sp³-hybridized carbons (Fsp3) is 0.810. The van der Waals surface area contributed by atoms with Gasteiger partial charge in [-0.1, -0.05) is 140 Å². The largest absolute Gasteiger partial charge is 0.472 e. The molecule has 0 fully saturated rings. The van der Waals surface area contributed by atoms with Crippen molar-refractivity contribution >= 4 is 19.8 Å². The molecule has 0 aromatic heterocycles. The van der Waals surface area contributed by atoms with Gasteiger partial charge in [-0.2, -0.15) is 0 Å². The van der Waals surface area contributed by atoms with Gasteiger partial charge >= 0.3 is 19.8 Å². The van der Waals surface area contributed by atoms with Crippen molar-refractivity contribution in [1.29, 1.82) is 0 Å². The molecule has 0 aromatic carbocycles. The first-order chi connectivity index (χ1) is 25.0. The minimum atomic E-state index is -4.38. The second-order valence-electron chi connectivity index (χ2n) is 15.0. The van der Waals surface area contributed by atoms with E-state index in [4.69, 9.17) is 18.5 Å². The summed E-state index contributed by atoms with van der Waals surface area (Å²) < 4.78 is 34.2. The highest BCUT2D eigenvalue weighted by molar-refractivity contribution is 7.47. The van der Waals surface area contributed by atoms with Gasteiger partial charge in [0.05, 0.1) is 27.7 Å². The van der Waals surface area contributed by atoms with Gasteiger partial charge in [0.25, 0.3) is 0 Å². The second kappa shape index (κ2) is 35.0. The van der Waals surface area contributed by atoms with Crippen molar-refractivity contribution in [2.45, 2.75) is 174 Å². The van der Waals surface area contributed by atoms with Crippen LogP contribution >= 0.6 is 7.82 Å². The number of unbranched alkanes of at least 4 members (excludes halogenated alkanes) is 17. The van der Waals surface area contributed by atoms with Crippen LogP contribution < -0.4 is 0 Å². The number of allylic oxidation sites excluding steroid dienone is 6. The number of phosphoric ester groups is 1. The van der Waals surface area contributed by atoms with E-state index in [1.807, 2.05) is 21.1 Å². The first-order valence-electron chi connectivity index (χ1n) is 20.7. The van der Waals surface area contributed by atoms with Crippen molar-refractivity contribution in [3.63, 3.8) is 0 Å². The maximum absolute atomic E-state index is 12.6. The Morgan fingerprint density at radius 1 is 0.596 bits per heavy atom. The first-order valence-corrected chi connectivity index (χ1v) is 22.2. The van der Waals surface area contributed by atoms with Crippen LogP contribution in [0.4, 0.5) is 0 Å². The lowest BCUT2D eigenvalue weighted by Crippen LogP contribution is -2.37. The summed E-state index contributed by atoms with van der Waals surface area (Å²) in [6.07, 6.45) is 37.6. The van der Waals surface area contributed by atoms with E-state index in [1.54, 1.807) is 0 Å². The summed E-state index contributed by atoms with van der Waals surface area (Å²) in [5, 5.41) is 0. The Bertz CT molecular complexity index is 991. The molecule has 9 nitrogen and oxygen atoms in total. The van der Waals surface area contributed by atoms with Crippen molar-refractivity contribution < 1.29 is 42.1 Å². The van der Waals surface area contributed by atoms with Crippen LogP contribution in [-0.4, -0.2) is 74.9 Å². The van der Waals surface area contributed by atoms with E-state index in [0.717, 1.165) is 51.4 Å². The van der Waals surface area contributed by atoms with Crippen molar-refractivity contribution in [3.05, 3.63) is 36.5 Å². The van der Waals surface area contributed by atoms with Crippen LogP contribution in [-0.2, 0) is 32.7 Å².